The van der Waals surface area contributed by atoms with E-state index in [2.05, 4.69) is 4.90 Å². The van der Waals surface area contributed by atoms with Crippen LogP contribution in [0.4, 0.5) is 8.78 Å². The molecule has 3 fully saturated rings. The number of rotatable bonds is 3. The fourth-order valence-electron chi connectivity index (χ4n) is 3.74. The molecular formula is C12H19F2NO. The largest absolute Gasteiger partial charge is 0.380 e. The monoisotopic (exact) mass is 231 g/mol. The van der Waals surface area contributed by atoms with Crippen molar-refractivity contribution >= 4 is 0 Å². The van der Waals surface area contributed by atoms with E-state index in [4.69, 9.17) is 4.74 Å². The summed E-state index contributed by atoms with van der Waals surface area (Å²) >= 11 is 0. The predicted molar refractivity (Wildman–Crippen MR) is 56.6 cm³/mol. The average Bonchev–Trinajstić information content (AvgIpc) is 2.53. The van der Waals surface area contributed by atoms with Crippen molar-refractivity contribution < 1.29 is 13.5 Å². The molecule has 1 spiro atoms. The first-order valence-corrected chi connectivity index (χ1v) is 6.24. The zero-order valence-corrected chi connectivity index (χ0v) is 9.77. The summed E-state index contributed by atoms with van der Waals surface area (Å²) in [6, 6.07) is 0. The molecule has 1 saturated carbocycles. The van der Waals surface area contributed by atoms with Crippen molar-refractivity contribution in [1.29, 1.82) is 0 Å². The van der Waals surface area contributed by atoms with Gasteiger partial charge in [0, 0.05) is 25.1 Å². The summed E-state index contributed by atoms with van der Waals surface area (Å²) < 4.78 is 32.4. The number of nitrogens with zero attached hydrogens (tertiary/aromatic N) is 1. The van der Waals surface area contributed by atoms with Gasteiger partial charge in [-0.3, -0.25) is 4.90 Å². The highest BCUT2D eigenvalue weighted by molar-refractivity contribution is 5.22. The molecule has 0 unspecified atom stereocenters. The minimum atomic E-state index is -2.41. The second kappa shape index (κ2) is 3.16. The van der Waals surface area contributed by atoms with E-state index in [9.17, 15) is 8.78 Å². The van der Waals surface area contributed by atoms with Gasteiger partial charge in [0.2, 0.25) is 0 Å². The second-order valence-electron chi connectivity index (χ2n) is 5.72. The molecule has 1 aliphatic carbocycles. The van der Waals surface area contributed by atoms with Gasteiger partial charge in [0.05, 0.1) is 12.0 Å². The molecule has 3 aliphatic rings. The van der Waals surface area contributed by atoms with Gasteiger partial charge in [-0.15, -0.1) is 0 Å². The maximum atomic E-state index is 13.4. The van der Waals surface area contributed by atoms with E-state index in [0.29, 0.717) is 26.2 Å². The molecule has 3 rings (SSSR count). The molecule has 2 heterocycles. The van der Waals surface area contributed by atoms with Gasteiger partial charge in [0.1, 0.15) is 0 Å². The van der Waals surface area contributed by atoms with Crippen LogP contribution in [0.3, 0.4) is 0 Å². The highest BCUT2D eigenvalue weighted by Gasteiger charge is 2.77. The Morgan fingerprint density at radius 3 is 2.69 bits per heavy atom. The lowest BCUT2D eigenvalue weighted by Gasteiger charge is -2.31. The first-order chi connectivity index (χ1) is 7.54. The Morgan fingerprint density at radius 2 is 2.06 bits per heavy atom. The third-order valence-electron chi connectivity index (χ3n) is 4.69. The molecule has 2 nitrogen and oxygen atoms in total. The van der Waals surface area contributed by atoms with E-state index in [0.717, 1.165) is 19.4 Å². The highest BCUT2D eigenvalue weighted by Crippen LogP contribution is 2.69. The maximum absolute atomic E-state index is 13.4. The smallest absolute Gasteiger partial charge is 0.255 e. The van der Waals surface area contributed by atoms with Gasteiger partial charge in [-0.1, -0.05) is 0 Å². The second-order valence-corrected chi connectivity index (χ2v) is 5.72. The van der Waals surface area contributed by atoms with Gasteiger partial charge in [-0.2, -0.15) is 0 Å². The zero-order valence-electron chi connectivity index (χ0n) is 9.77. The lowest BCUT2D eigenvalue weighted by molar-refractivity contribution is 0.0392. The summed E-state index contributed by atoms with van der Waals surface area (Å²) in [5, 5.41) is 0. The maximum Gasteiger partial charge on any atom is 0.255 e. The van der Waals surface area contributed by atoms with Gasteiger partial charge in [-0.05, 0) is 32.7 Å². The summed E-state index contributed by atoms with van der Waals surface area (Å²) in [6.45, 7) is 4.85. The SMILES string of the molecule is CCOC[C@@]12CCCN1C[C@]1(CC1(F)F)C2. The Morgan fingerprint density at radius 1 is 1.31 bits per heavy atom. The van der Waals surface area contributed by atoms with Gasteiger partial charge in [0.15, 0.2) is 0 Å². The van der Waals surface area contributed by atoms with E-state index in [1.54, 1.807) is 0 Å². The Kier molecular flexibility index (Phi) is 2.16. The molecule has 2 atom stereocenters. The molecule has 0 aromatic rings. The highest BCUT2D eigenvalue weighted by atomic mass is 19.3. The van der Waals surface area contributed by atoms with Crippen LogP contribution in [-0.2, 0) is 4.74 Å². The Bertz CT molecular complexity index is 309. The third-order valence-corrected chi connectivity index (χ3v) is 4.69. The zero-order chi connectivity index (χ0) is 11.4. The molecule has 4 heteroatoms. The molecule has 16 heavy (non-hydrogen) atoms. The molecule has 0 aromatic heterocycles. The quantitative estimate of drug-likeness (QED) is 0.739. The molecule has 0 amide bonds. The van der Waals surface area contributed by atoms with Crippen LogP contribution in [0.5, 0.6) is 0 Å². The number of alkyl halides is 2. The summed E-state index contributed by atoms with van der Waals surface area (Å²) in [5.74, 6) is -2.41. The van der Waals surface area contributed by atoms with Crippen molar-refractivity contribution in [2.75, 3.05) is 26.3 Å². The van der Waals surface area contributed by atoms with Crippen molar-refractivity contribution in [1.82, 2.24) is 4.90 Å². The van der Waals surface area contributed by atoms with Crippen molar-refractivity contribution in [2.24, 2.45) is 5.41 Å². The first kappa shape index (κ1) is 10.9. The third kappa shape index (κ3) is 1.29. The van der Waals surface area contributed by atoms with Crippen molar-refractivity contribution in [3.63, 3.8) is 0 Å². The first-order valence-electron chi connectivity index (χ1n) is 6.24. The number of halogens is 2. The van der Waals surface area contributed by atoms with Gasteiger partial charge >= 0.3 is 0 Å². The Balaban J connectivity index is 1.77. The normalized spacial score (nSPS) is 45.2. The summed E-state index contributed by atoms with van der Waals surface area (Å²) in [5.41, 5.74) is -0.750. The predicted octanol–water partition coefficient (Wildman–Crippen LogP) is 2.29. The van der Waals surface area contributed by atoms with Crippen LogP contribution < -0.4 is 0 Å². The van der Waals surface area contributed by atoms with E-state index in [1.807, 2.05) is 6.92 Å². The number of hydrogen-bond acceptors (Lipinski definition) is 2. The number of fused-ring (bicyclic) bond motifs is 1. The van der Waals surface area contributed by atoms with Gasteiger partial charge in [0.25, 0.3) is 5.92 Å². The van der Waals surface area contributed by atoms with Crippen molar-refractivity contribution in [2.45, 2.75) is 44.1 Å². The van der Waals surface area contributed by atoms with Crippen LogP contribution in [0.1, 0.15) is 32.6 Å². The molecule has 0 radical (unpaired) electrons. The van der Waals surface area contributed by atoms with Crippen LogP contribution in [0.2, 0.25) is 0 Å². The Hall–Kier alpha value is -0.220. The van der Waals surface area contributed by atoms with E-state index in [-0.39, 0.29) is 12.0 Å². The molecular weight excluding hydrogens is 212 g/mol. The van der Waals surface area contributed by atoms with Crippen LogP contribution >= 0.6 is 0 Å². The lowest BCUT2D eigenvalue weighted by Crippen LogP contribution is -2.42. The number of ether oxygens (including phenoxy) is 1. The Labute approximate surface area is 94.9 Å². The molecule has 2 saturated heterocycles. The van der Waals surface area contributed by atoms with Crippen LogP contribution in [0.25, 0.3) is 0 Å². The number of hydrogen-bond donors (Lipinski definition) is 0. The van der Waals surface area contributed by atoms with Crippen LogP contribution in [0.15, 0.2) is 0 Å². The van der Waals surface area contributed by atoms with Crippen molar-refractivity contribution in [3.05, 3.63) is 0 Å². The summed E-state index contributed by atoms with van der Waals surface area (Å²) in [7, 11) is 0. The molecule has 0 aromatic carbocycles. The lowest BCUT2D eigenvalue weighted by atomic mass is 9.89. The molecule has 0 bridgehead atoms. The topological polar surface area (TPSA) is 12.5 Å². The minimum Gasteiger partial charge on any atom is -0.380 e. The van der Waals surface area contributed by atoms with Gasteiger partial charge < -0.3 is 4.74 Å². The molecule has 92 valence electrons. The summed E-state index contributed by atoms with van der Waals surface area (Å²) in [4.78, 5) is 2.27. The summed E-state index contributed by atoms with van der Waals surface area (Å²) in [6.07, 6.45) is 2.91. The average molecular weight is 231 g/mol. The fourth-order valence-corrected chi connectivity index (χ4v) is 3.74. The van der Waals surface area contributed by atoms with Gasteiger partial charge in [-0.25, -0.2) is 8.78 Å². The van der Waals surface area contributed by atoms with Crippen LogP contribution in [0, 0.1) is 5.41 Å². The minimum absolute atomic E-state index is 0.0596. The molecule has 2 aliphatic heterocycles. The van der Waals surface area contributed by atoms with E-state index in [1.165, 1.54) is 0 Å². The molecule has 0 N–H and O–H groups in total. The van der Waals surface area contributed by atoms with Crippen molar-refractivity contribution in [3.8, 4) is 0 Å². The fraction of sp³-hybridized carbons (Fsp3) is 1.00. The van der Waals surface area contributed by atoms with E-state index < -0.39 is 11.3 Å². The standard InChI is InChI=1S/C12H19F2NO/c1-2-16-9-11-4-3-5-15(11)8-10(6-11)7-12(10,13)14/h2-9H2,1H3/t10-,11+/m1/s1. The van der Waals surface area contributed by atoms with Crippen LogP contribution in [-0.4, -0.2) is 42.7 Å². The van der Waals surface area contributed by atoms with E-state index >= 15 is 0 Å².